The summed E-state index contributed by atoms with van der Waals surface area (Å²) in [5.41, 5.74) is 0.701. The van der Waals surface area contributed by atoms with Gasteiger partial charge in [0.1, 0.15) is 5.82 Å². The van der Waals surface area contributed by atoms with Gasteiger partial charge >= 0.3 is 0 Å². The Bertz CT molecular complexity index is 552. The third-order valence-electron chi connectivity index (χ3n) is 4.98. The highest BCUT2D eigenvalue weighted by atomic mass is 35.5. The minimum absolute atomic E-state index is 0. The Kier molecular flexibility index (Phi) is 8.93. The zero-order chi connectivity index (χ0) is 16.2. The molecule has 0 spiro atoms. The summed E-state index contributed by atoms with van der Waals surface area (Å²) in [5.74, 6) is 1.42. The maximum absolute atomic E-state index is 12.6. The number of aromatic nitrogens is 1. The predicted molar refractivity (Wildman–Crippen MR) is 106 cm³/mol. The van der Waals surface area contributed by atoms with Crippen molar-refractivity contribution >= 4 is 36.5 Å². The number of halogens is 2. The molecule has 1 amide bonds. The van der Waals surface area contributed by atoms with Crippen LogP contribution in [0.5, 0.6) is 0 Å². The number of nitrogens with zero attached hydrogens (tertiary/aromatic N) is 3. The summed E-state index contributed by atoms with van der Waals surface area (Å²) in [7, 11) is 2.13. The first-order valence-corrected chi connectivity index (χ1v) is 8.54. The molecule has 142 valence electrons. The van der Waals surface area contributed by atoms with Gasteiger partial charge in [-0.3, -0.25) is 4.79 Å². The van der Waals surface area contributed by atoms with Gasteiger partial charge in [0.2, 0.25) is 0 Å². The van der Waals surface area contributed by atoms with Crippen LogP contribution in [-0.2, 0) is 0 Å². The van der Waals surface area contributed by atoms with Crippen molar-refractivity contribution in [3.8, 4) is 0 Å². The Morgan fingerprint density at radius 1 is 1.28 bits per heavy atom. The first-order chi connectivity index (χ1) is 11.1. The number of pyridine rings is 1. The zero-order valence-electron chi connectivity index (χ0n) is 14.9. The van der Waals surface area contributed by atoms with E-state index < -0.39 is 0 Å². The summed E-state index contributed by atoms with van der Waals surface area (Å²) < 4.78 is 0. The Morgan fingerprint density at radius 2 is 2.00 bits per heavy atom. The molecule has 0 aliphatic carbocycles. The summed E-state index contributed by atoms with van der Waals surface area (Å²) >= 11 is 0. The van der Waals surface area contributed by atoms with Gasteiger partial charge < -0.3 is 20.4 Å². The lowest BCUT2D eigenvalue weighted by Crippen LogP contribution is -2.50. The number of likely N-dealkylation sites (N-methyl/N-ethyl adjacent to an activating group) is 1. The van der Waals surface area contributed by atoms with Gasteiger partial charge in [-0.25, -0.2) is 4.98 Å². The number of nitrogens with one attached hydrogen (secondary N) is 2. The number of amides is 1. The van der Waals surface area contributed by atoms with Gasteiger partial charge in [0.05, 0.1) is 0 Å². The average Bonchev–Trinajstić information content (AvgIpc) is 2.58. The normalized spacial score (nSPS) is 24.0. The van der Waals surface area contributed by atoms with E-state index in [-0.39, 0.29) is 36.8 Å². The van der Waals surface area contributed by atoms with Crippen LogP contribution in [0.1, 0.15) is 23.7 Å². The van der Waals surface area contributed by atoms with Crippen LogP contribution in [0.4, 0.5) is 5.82 Å². The van der Waals surface area contributed by atoms with E-state index >= 15 is 0 Å². The van der Waals surface area contributed by atoms with Gasteiger partial charge in [0, 0.05) is 50.5 Å². The molecule has 2 saturated heterocycles. The molecule has 0 bridgehead atoms. The maximum atomic E-state index is 12.6. The van der Waals surface area contributed by atoms with Crippen LogP contribution in [-0.4, -0.2) is 68.1 Å². The second-order valence-electron chi connectivity index (χ2n) is 6.74. The van der Waals surface area contributed by atoms with Crippen LogP contribution in [0.25, 0.3) is 0 Å². The standard InChI is InChI=1S/C17H27N5O.2ClH/c1-13-3-5-18-12-15(13)20-17(23)14-4-6-19-16(11-14)22-9-7-21(2)8-10-22;;/h4,6,11,13,15,18H,3,5,7-10,12H2,1-2H3,(H,20,23);2*1H. The summed E-state index contributed by atoms with van der Waals surface area (Å²) in [6, 6.07) is 3.92. The van der Waals surface area contributed by atoms with Crippen LogP contribution in [0, 0.1) is 5.92 Å². The van der Waals surface area contributed by atoms with Crippen molar-refractivity contribution in [1.29, 1.82) is 0 Å². The van der Waals surface area contributed by atoms with Crippen molar-refractivity contribution < 1.29 is 4.79 Å². The summed E-state index contributed by atoms with van der Waals surface area (Å²) in [6.07, 6.45) is 2.85. The number of piperidine rings is 1. The molecular formula is C17H29Cl2N5O. The number of hydrogen-bond donors (Lipinski definition) is 2. The predicted octanol–water partition coefficient (Wildman–Crippen LogP) is 1.40. The third kappa shape index (κ3) is 5.71. The van der Waals surface area contributed by atoms with E-state index in [0.29, 0.717) is 11.5 Å². The van der Waals surface area contributed by atoms with Gasteiger partial charge in [-0.2, -0.15) is 0 Å². The molecule has 2 N–H and O–H groups in total. The number of piperazine rings is 1. The molecule has 3 rings (SSSR count). The van der Waals surface area contributed by atoms with Crippen molar-refractivity contribution in [3.63, 3.8) is 0 Å². The van der Waals surface area contributed by atoms with Gasteiger partial charge in [-0.1, -0.05) is 6.92 Å². The number of rotatable bonds is 3. The summed E-state index contributed by atoms with van der Waals surface area (Å²) in [5, 5.41) is 6.52. The van der Waals surface area contributed by atoms with Gasteiger partial charge in [0.15, 0.2) is 0 Å². The van der Waals surface area contributed by atoms with Crippen LogP contribution >= 0.6 is 24.8 Å². The largest absolute Gasteiger partial charge is 0.354 e. The molecule has 1 aromatic rings. The van der Waals surface area contributed by atoms with Crippen LogP contribution < -0.4 is 15.5 Å². The Hall–Kier alpha value is -1.08. The fourth-order valence-corrected chi connectivity index (χ4v) is 3.20. The third-order valence-corrected chi connectivity index (χ3v) is 4.98. The summed E-state index contributed by atoms with van der Waals surface area (Å²) in [6.45, 7) is 8.07. The number of carbonyl (C=O) groups is 1. The highest BCUT2D eigenvalue weighted by Crippen LogP contribution is 2.16. The maximum Gasteiger partial charge on any atom is 0.251 e. The smallest absolute Gasteiger partial charge is 0.251 e. The molecule has 0 radical (unpaired) electrons. The Balaban J connectivity index is 0.00000156. The second kappa shape index (κ2) is 10.2. The molecule has 2 aliphatic rings. The van der Waals surface area contributed by atoms with Gasteiger partial charge in [0.25, 0.3) is 5.91 Å². The molecule has 25 heavy (non-hydrogen) atoms. The van der Waals surface area contributed by atoms with E-state index in [0.717, 1.165) is 51.5 Å². The number of carbonyl (C=O) groups excluding carboxylic acids is 1. The number of hydrogen-bond acceptors (Lipinski definition) is 5. The zero-order valence-corrected chi connectivity index (χ0v) is 16.5. The molecule has 0 aromatic carbocycles. The molecule has 8 heteroatoms. The lowest BCUT2D eigenvalue weighted by molar-refractivity contribution is 0.0915. The van der Waals surface area contributed by atoms with E-state index in [4.69, 9.17) is 0 Å². The fraction of sp³-hybridized carbons (Fsp3) is 0.647. The molecule has 2 fully saturated rings. The highest BCUT2D eigenvalue weighted by Gasteiger charge is 2.23. The van der Waals surface area contributed by atoms with E-state index in [9.17, 15) is 4.79 Å². The first kappa shape index (κ1) is 22.0. The molecule has 2 atom stereocenters. The quantitative estimate of drug-likeness (QED) is 0.817. The topological polar surface area (TPSA) is 60.5 Å². The molecule has 1 aromatic heterocycles. The van der Waals surface area contributed by atoms with Crippen LogP contribution in [0.3, 0.4) is 0 Å². The number of anilines is 1. The Labute approximate surface area is 162 Å². The van der Waals surface area contributed by atoms with E-state index in [1.165, 1.54) is 0 Å². The average molecular weight is 390 g/mol. The molecule has 6 nitrogen and oxygen atoms in total. The molecule has 2 unspecified atom stereocenters. The van der Waals surface area contributed by atoms with Crippen molar-refractivity contribution in [2.75, 3.05) is 51.2 Å². The summed E-state index contributed by atoms with van der Waals surface area (Å²) in [4.78, 5) is 21.6. The van der Waals surface area contributed by atoms with Gasteiger partial charge in [-0.05, 0) is 38.1 Å². The Morgan fingerprint density at radius 3 is 2.68 bits per heavy atom. The van der Waals surface area contributed by atoms with Gasteiger partial charge in [-0.15, -0.1) is 24.8 Å². The van der Waals surface area contributed by atoms with E-state index in [1.807, 2.05) is 6.07 Å². The van der Waals surface area contributed by atoms with E-state index in [2.05, 4.69) is 39.4 Å². The van der Waals surface area contributed by atoms with Crippen molar-refractivity contribution in [3.05, 3.63) is 23.9 Å². The van der Waals surface area contributed by atoms with Crippen LogP contribution in [0.2, 0.25) is 0 Å². The first-order valence-electron chi connectivity index (χ1n) is 8.54. The minimum atomic E-state index is 0. The monoisotopic (exact) mass is 389 g/mol. The van der Waals surface area contributed by atoms with Crippen molar-refractivity contribution in [2.24, 2.45) is 5.92 Å². The molecule has 0 saturated carbocycles. The SMILES string of the molecule is CC1CCNCC1NC(=O)c1ccnc(N2CCN(C)CC2)c1.Cl.Cl. The van der Waals surface area contributed by atoms with Crippen LogP contribution in [0.15, 0.2) is 18.3 Å². The second-order valence-corrected chi connectivity index (χ2v) is 6.74. The lowest BCUT2D eigenvalue weighted by atomic mass is 9.94. The van der Waals surface area contributed by atoms with Crippen molar-refractivity contribution in [1.82, 2.24) is 20.5 Å². The molecule has 2 aliphatic heterocycles. The fourth-order valence-electron chi connectivity index (χ4n) is 3.20. The van der Waals surface area contributed by atoms with E-state index in [1.54, 1.807) is 12.3 Å². The lowest BCUT2D eigenvalue weighted by Gasteiger charge is -2.33. The molecule has 3 heterocycles. The van der Waals surface area contributed by atoms with Crippen molar-refractivity contribution in [2.45, 2.75) is 19.4 Å². The highest BCUT2D eigenvalue weighted by molar-refractivity contribution is 5.95. The molecular weight excluding hydrogens is 361 g/mol. The minimum Gasteiger partial charge on any atom is -0.354 e.